The van der Waals surface area contributed by atoms with Gasteiger partial charge in [-0.25, -0.2) is 13.4 Å². The summed E-state index contributed by atoms with van der Waals surface area (Å²) in [7, 11) is -3.64. The van der Waals surface area contributed by atoms with Gasteiger partial charge in [0.1, 0.15) is 5.82 Å². The van der Waals surface area contributed by atoms with Gasteiger partial charge in [0, 0.05) is 6.20 Å². The molecule has 0 amide bonds. The lowest BCUT2D eigenvalue weighted by atomic mass is 9.87. The molecule has 0 aliphatic heterocycles. The Morgan fingerprint density at radius 3 is 2.14 bits per heavy atom. The minimum absolute atomic E-state index is 0.0204. The summed E-state index contributed by atoms with van der Waals surface area (Å²) in [5.41, 5.74) is 1.05. The average Bonchev–Trinajstić information content (AvgIpc) is 2.40. The molecule has 0 atom stereocenters. The largest absolute Gasteiger partial charge is 0.263 e. The fourth-order valence-corrected chi connectivity index (χ4v) is 2.89. The summed E-state index contributed by atoms with van der Waals surface area (Å²) in [5.74, 6) is 0.235. The number of hydrogen-bond donors (Lipinski definition) is 1. The average molecular weight is 325 g/mol. The van der Waals surface area contributed by atoms with E-state index in [-0.39, 0.29) is 16.1 Å². The van der Waals surface area contributed by atoms with Crippen LogP contribution in [0.1, 0.15) is 26.3 Å². The summed E-state index contributed by atoms with van der Waals surface area (Å²) < 4.78 is 26.9. The van der Waals surface area contributed by atoms with Crippen molar-refractivity contribution >= 4 is 27.4 Å². The van der Waals surface area contributed by atoms with Gasteiger partial charge in [-0.3, -0.25) is 4.72 Å². The van der Waals surface area contributed by atoms with Crippen molar-refractivity contribution in [2.45, 2.75) is 31.1 Å². The fraction of sp³-hybridized carbons (Fsp3) is 0.267. The van der Waals surface area contributed by atoms with Crippen LogP contribution in [0.25, 0.3) is 0 Å². The van der Waals surface area contributed by atoms with Gasteiger partial charge in [0.05, 0.1) is 9.92 Å². The van der Waals surface area contributed by atoms with Crippen LogP contribution >= 0.6 is 11.6 Å². The Kier molecular flexibility index (Phi) is 4.25. The van der Waals surface area contributed by atoms with Crippen LogP contribution < -0.4 is 4.72 Å². The Labute approximate surface area is 130 Å². The van der Waals surface area contributed by atoms with Gasteiger partial charge in [-0.2, -0.15) is 0 Å². The SMILES string of the molecule is CC(C)(C)c1ccc(S(=O)(=O)Nc2ccc(Cl)cn2)cc1. The summed E-state index contributed by atoms with van der Waals surface area (Å²) in [5, 5.41) is 0.451. The number of benzene rings is 1. The van der Waals surface area contributed by atoms with Crippen molar-refractivity contribution < 1.29 is 8.42 Å². The molecule has 2 aromatic rings. The highest BCUT2D eigenvalue weighted by Crippen LogP contribution is 2.24. The zero-order valence-corrected chi connectivity index (χ0v) is 13.7. The summed E-state index contributed by atoms with van der Waals surface area (Å²) in [4.78, 5) is 4.12. The topological polar surface area (TPSA) is 59.1 Å². The summed E-state index contributed by atoms with van der Waals surface area (Å²) in [6.07, 6.45) is 1.39. The minimum Gasteiger partial charge on any atom is -0.263 e. The summed E-state index contributed by atoms with van der Waals surface area (Å²) >= 11 is 5.72. The number of hydrogen-bond acceptors (Lipinski definition) is 3. The molecule has 0 bridgehead atoms. The van der Waals surface area contributed by atoms with E-state index >= 15 is 0 Å². The molecule has 1 aromatic heterocycles. The van der Waals surface area contributed by atoms with E-state index in [1.807, 2.05) is 12.1 Å². The molecule has 2 rings (SSSR count). The molecule has 1 aromatic carbocycles. The molecule has 1 heterocycles. The highest BCUT2D eigenvalue weighted by atomic mass is 35.5. The maximum atomic E-state index is 12.3. The Hall–Kier alpha value is -1.59. The number of halogens is 1. The van der Waals surface area contributed by atoms with Gasteiger partial charge in [0.15, 0.2) is 0 Å². The second kappa shape index (κ2) is 5.66. The van der Waals surface area contributed by atoms with Crippen molar-refractivity contribution in [3.63, 3.8) is 0 Å². The quantitative estimate of drug-likeness (QED) is 0.933. The predicted molar refractivity (Wildman–Crippen MR) is 85.2 cm³/mol. The fourth-order valence-electron chi connectivity index (χ4n) is 1.77. The van der Waals surface area contributed by atoms with Crippen LogP contribution in [0.3, 0.4) is 0 Å². The normalized spacial score (nSPS) is 12.2. The molecule has 0 radical (unpaired) electrons. The number of nitrogens with one attached hydrogen (secondary N) is 1. The van der Waals surface area contributed by atoms with Gasteiger partial charge in [-0.05, 0) is 35.2 Å². The van der Waals surface area contributed by atoms with Gasteiger partial charge >= 0.3 is 0 Å². The molecule has 112 valence electrons. The van der Waals surface area contributed by atoms with Crippen molar-refractivity contribution in [2.24, 2.45) is 0 Å². The third-order valence-corrected chi connectivity index (χ3v) is 4.59. The van der Waals surface area contributed by atoms with E-state index in [2.05, 4.69) is 30.5 Å². The standard InChI is InChI=1S/C15H17ClN2O2S/c1-15(2,3)11-4-7-13(8-5-11)21(19,20)18-14-9-6-12(16)10-17-14/h4-10H,1-3H3,(H,17,18). The van der Waals surface area contributed by atoms with Crippen molar-refractivity contribution in [1.82, 2.24) is 4.98 Å². The lowest BCUT2D eigenvalue weighted by Gasteiger charge is -2.19. The highest BCUT2D eigenvalue weighted by molar-refractivity contribution is 7.92. The first-order chi connectivity index (χ1) is 9.68. The maximum absolute atomic E-state index is 12.3. The monoisotopic (exact) mass is 324 g/mol. The van der Waals surface area contributed by atoms with E-state index in [1.165, 1.54) is 12.3 Å². The van der Waals surface area contributed by atoms with Gasteiger partial charge in [0.25, 0.3) is 10.0 Å². The number of nitrogens with zero attached hydrogens (tertiary/aromatic N) is 1. The molecule has 0 saturated carbocycles. The zero-order valence-electron chi connectivity index (χ0n) is 12.1. The lowest BCUT2D eigenvalue weighted by Crippen LogP contribution is -2.15. The van der Waals surface area contributed by atoms with Crippen LogP contribution in [-0.2, 0) is 15.4 Å². The second-order valence-corrected chi connectivity index (χ2v) is 7.86. The van der Waals surface area contributed by atoms with Crippen molar-refractivity contribution in [2.75, 3.05) is 4.72 Å². The molecular formula is C15H17ClN2O2S. The highest BCUT2D eigenvalue weighted by Gasteiger charge is 2.18. The Bertz CT molecular complexity index is 718. The number of pyridine rings is 1. The molecule has 0 saturated heterocycles. The third kappa shape index (κ3) is 3.95. The van der Waals surface area contributed by atoms with E-state index in [9.17, 15) is 8.42 Å². The first kappa shape index (κ1) is 15.8. The Morgan fingerprint density at radius 2 is 1.67 bits per heavy atom. The van der Waals surface area contributed by atoms with Gasteiger partial charge in [0.2, 0.25) is 0 Å². The van der Waals surface area contributed by atoms with E-state index in [4.69, 9.17) is 11.6 Å². The maximum Gasteiger partial charge on any atom is 0.263 e. The smallest absolute Gasteiger partial charge is 0.263 e. The van der Waals surface area contributed by atoms with Gasteiger partial charge < -0.3 is 0 Å². The molecule has 0 aliphatic rings. The van der Waals surface area contributed by atoms with Crippen LogP contribution in [0, 0.1) is 0 Å². The van der Waals surface area contributed by atoms with Crippen molar-refractivity contribution in [3.05, 3.63) is 53.2 Å². The van der Waals surface area contributed by atoms with E-state index in [0.29, 0.717) is 5.02 Å². The van der Waals surface area contributed by atoms with Crippen LogP contribution in [0.5, 0.6) is 0 Å². The van der Waals surface area contributed by atoms with Crippen molar-refractivity contribution in [1.29, 1.82) is 0 Å². The van der Waals surface area contributed by atoms with E-state index < -0.39 is 10.0 Å². The molecule has 0 unspecified atom stereocenters. The first-order valence-corrected chi connectivity index (χ1v) is 8.29. The molecule has 0 aliphatic carbocycles. The van der Waals surface area contributed by atoms with Gasteiger partial charge in [-0.1, -0.05) is 44.5 Å². The molecule has 6 heteroatoms. The van der Waals surface area contributed by atoms with Crippen molar-refractivity contribution in [3.8, 4) is 0 Å². The van der Waals surface area contributed by atoms with Crippen LogP contribution in [0.4, 0.5) is 5.82 Å². The Morgan fingerprint density at radius 1 is 1.05 bits per heavy atom. The summed E-state index contributed by atoms with van der Waals surface area (Å²) in [6.45, 7) is 6.23. The molecule has 0 spiro atoms. The number of anilines is 1. The predicted octanol–water partition coefficient (Wildman–Crippen LogP) is 3.83. The summed E-state index contributed by atoms with van der Waals surface area (Å²) in [6, 6.07) is 9.93. The number of aromatic nitrogens is 1. The zero-order chi connectivity index (χ0) is 15.7. The molecule has 21 heavy (non-hydrogen) atoms. The molecule has 1 N–H and O–H groups in total. The molecular weight excluding hydrogens is 308 g/mol. The van der Waals surface area contributed by atoms with E-state index in [0.717, 1.165) is 5.56 Å². The van der Waals surface area contributed by atoms with E-state index in [1.54, 1.807) is 18.2 Å². The van der Waals surface area contributed by atoms with Gasteiger partial charge in [-0.15, -0.1) is 0 Å². The number of sulfonamides is 1. The second-order valence-electron chi connectivity index (χ2n) is 5.74. The Balaban J connectivity index is 2.25. The van der Waals surface area contributed by atoms with Crippen LogP contribution in [0.2, 0.25) is 5.02 Å². The first-order valence-electron chi connectivity index (χ1n) is 6.43. The number of rotatable bonds is 3. The third-order valence-electron chi connectivity index (χ3n) is 3.00. The minimum atomic E-state index is -3.64. The molecule has 0 fully saturated rings. The molecule has 4 nitrogen and oxygen atoms in total. The van der Waals surface area contributed by atoms with Crippen LogP contribution in [0.15, 0.2) is 47.5 Å². The van der Waals surface area contributed by atoms with Crippen LogP contribution in [-0.4, -0.2) is 13.4 Å². The lowest BCUT2D eigenvalue weighted by molar-refractivity contribution is 0.587.